The SMILES string of the molecule is C[C@@H]1CP(=[Se])(c2ccccc2)C[C@H](C)C1=O. The molecule has 2 rings (SSSR count). The molecule has 1 heterocycles. The third-order valence-electron chi connectivity index (χ3n) is 3.34. The van der Waals surface area contributed by atoms with Crippen molar-refractivity contribution in [3.05, 3.63) is 30.3 Å². The number of Topliss-reactive ketones (excluding diaryl/α,β-unsaturated/α-hetero) is 1. The molecule has 0 amide bonds. The van der Waals surface area contributed by atoms with E-state index in [0.717, 1.165) is 12.3 Å². The van der Waals surface area contributed by atoms with Gasteiger partial charge in [0, 0.05) is 0 Å². The van der Waals surface area contributed by atoms with E-state index in [9.17, 15) is 4.79 Å². The number of carbonyl (C=O) groups excluding carboxylic acids is 1. The monoisotopic (exact) mass is 300 g/mol. The molecule has 1 saturated heterocycles. The first-order valence-electron chi connectivity index (χ1n) is 5.70. The van der Waals surface area contributed by atoms with Crippen molar-refractivity contribution in [2.75, 3.05) is 12.3 Å². The van der Waals surface area contributed by atoms with Crippen LogP contribution in [0.2, 0.25) is 0 Å². The second kappa shape index (κ2) is 4.61. The third-order valence-corrected chi connectivity index (χ3v) is 10.1. The average Bonchev–Trinajstić information content (AvgIpc) is 2.27. The first kappa shape index (κ1) is 12.3. The fourth-order valence-corrected chi connectivity index (χ4v) is 9.53. The van der Waals surface area contributed by atoms with Gasteiger partial charge in [-0.3, -0.25) is 0 Å². The van der Waals surface area contributed by atoms with Gasteiger partial charge >= 0.3 is 105 Å². The van der Waals surface area contributed by atoms with E-state index in [1.54, 1.807) is 0 Å². The van der Waals surface area contributed by atoms with Gasteiger partial charge in [0.2, 0.25) is 0 Å². The van der Waals surface area contributed by atoms with Crippen molar-refractivity contribution in [3.8, 4) is 0 Å². The molecule has 1 aliphatic rings. The first-order valence-corrected chi connectivity index (χ1v) is 10.1. The van der Waals surface area contributed by atoms with Gasteiger partial charge in [0.1, 0.15) is 0 Å². The molecule has 86 valence electrons. The van der Waals surface area contributed by atoms with E-state index in [1.165, 1.54) is 5.30 Å². The fraction of sp³-hybridized carbons (Fsp3) is 0.462. The van der Waals surface area contributed by atoms with Crippen LogP contribution in [0.5, 0.6) is 0 Å². The van der Waals surface area contributed by atoms with Crippen molar-refractivity contribution in [2.24, 2.45) is 11.8 Å². The maximum atomic E-state index is 11.8. The molecule has 0 spiro atoms. The van der Waals surface area contributed by atoms with E-state index in [-0.39, 0.29) is 11.8 Å². The Morgan fingerprint density at radius 2 is 1.62 bits per heavy atom. The summed E-state index contributed by atoms with van der Waals surface area (Å²) in [4.78, 5) is 11.8. The summed E-state index contributed by atoms with van der Waals surface area (Å²) in [6.45, 7) is 4.15. The Morgan fingerprint density at radius 1 is 1.12 bits per heavy atom. The van der Waals surface area contributed by atoms with Crippen LogP contribution in [0, 0.1) is 11.8 Å². The number of carbonyl (C=O) groups is 1. The molecule has 0 saturated carbocycles. The predicted molar refractivity (Wildman–Crippen MR) is 71.8 cm³/mol. The molecule has 0 bridgehead atoms. The molecule has 3 atom stereocenters. The summed E-state index contributed by atoms with van der Waals surface area (Å²) in [6.07, 6.45) is 2.08. The zero-order valence-corrected chi connectivity index (χ0v) is 12.3. The summed E-state index contributed by atoms with van der Waals surface area (Å²) in [5.74, 6) is 0.888. The number of hydrogen-bond acceptors (Lipinski definition) is 1. The van der Waals surface area contributed by atoms with Gasteiger partial charge in [0.25, 0.3) is 0 Å². The van der Waals surface area contributed by atoms with Gasteiger partial charge in [-0.1, -0.05) is 0 Å². The van der Waals surface area contributed by atoms with Crippen LogP contribution in [0.25, 0.3) is 0 Å². The summed E-state index contributed by atoms with van der Waals surface area (Å²) in [6, 6.07) is 10.7. The Balaban J connectivity index is 2.34. The zero-order chi connectivity index (χ0) is 11.8. The van der Waals surface area contributed by atoms with E-state index in [1.807, 2.05) is 0 Å². The van der Waals surface area contributed by atoms with Crippen LogP contribution < -0.4 is 5.30 Å². The van der Waals surface area contributed by atoms with Gasteiger partial charge in [-0.25, -0.2) is 0 Å². The van der Waals surface area contributed by atoms with Gasteiger partial charge in [-0.05, 0) is 0 Å². The second-order valence-electron chi connectivity index (χ2n) is 4.79. The van der Waals surface area contributed by atoms with Crippen molar-refractivity contribution < 1.29 is 4.79 Å². The Kier molecular flexibility index (Phi) is 3.54. The Labute approximate surface area is 105 Å². The summed E-state index contributed by atoms with van der Waals surface area (Å²) in [5, 5.41) is 1.43. The van der Waals surface area contributed by atoms with Crippen molar-refractivity contribution in [2.45, 2.75) is 13.8 Å². The number of ketones is 1. The normalized spacial score (nSPS) is 35.0. The zero-order valence-electron chi connectivity index (χ0n) is 9.72. The second-order valence-corrected chi connectivity index (χ2v) is 12.2. The summed E-state index contributed by atoms with van der Waals surface area (Å²) in [7, 11) is 0. The van der Waals surface area contributed by atoms with E-state index in [4.69, 9.17) is 0 Å². The van der Waals surface area contributed by atoms with Crippen LogP contribution >= 0.6 is 5.51 Å². The molecular weight excluding hydrogens is 282 g/mol. The average molecular weight is 299 g/mol. The van der Waals surface area contributed by atoms with E-state index in [2.05, 4.69) is 59.3 Å². The molecule has 0 aromatic heterocycles. The summed E-state index contributed by atoms with van der Waals surface area (Å²) in [5.41, 5.74) is -1.21. The molecular formula is C13H17OPSe. The molecule has 0 N–H and O–H groups in total. The molecule has 1 aromatic rings. The van der Waals surface area contributed by atoms with Crippen LogP contribution in [0.1, 0.15) is 13.8 Å². The van der Waals surface area contributed by atoms with Crippen LogP contribution in [-0.2, 0) is 4.79 Å². The molecule has 1 aromatic carbocycles. The standard InChI is InChI=1S/C13H17OPSe/c1-10-8-15(16,9-11(2)13(10)14)12-6-4-3-5-7-12/h3-7,10-11H,8-9H2,1-2H3/t10-,11+,15?. The molecule has 1 unspecified atom stereocenters. The first-order chi connectivity index (χ1) is 7.53. The number of hydrogen-bond donors (Lipinski definition) is 0. The molecule has 3 heteroatoms. The minimum atomic E-state index is -1.21. The number of benzene rings is 1. The topological polar surface area (TPSA) is 17.1 Å². The van der Waals surface area contributed by atoms with Crippen molar-refractivity contribution >= 4 is 31.7 Å². The molecule has 1 aliphatic heterocycles. The summed E-state index contributed by atoms with van der Waals surface area (Å²) >= 11 is 3.45. The van der Waals surface area contributed by atoms with Gasteiger partial charge in [-0.2, -0.15) is 0 Å². The maximum absolute atomic E-state index is 11.8. The van der Waals surface area contributed by atoms with Crippen molar-refractivity contribution in [1.82, 2.24) is 0 Å². The van der Waals surface area contributed by atoms with Crippen molar-refractivity contribution in [3.63, 3.8) is 0 Å². The van der Waals surface area contributed by atoms with E-state index in [0.29, 0.717) is 5.78 Å². The van der Waals surface area contributed by atoms with Gasteiger partial charge in [0.15, 0.2) is 0 Å². The fourth-order valence-electron chi connectivity index (χ4n) is 2.54. The molecule has 0 radical (unpaired) electrons. The number of rotatable bonds is 1. The predicted octanol–water partition coefficient (Wildman–Crippen LogP) is 2.27. The molecule has 1 nitrogen and oxygen atoms in total. The Morgan fingerprint density at radius 3 is 2.12 bits per heavy atom. The minimum absolute atomic E-state index is 0.221. The van der Waals surface area contributed by atoms with Crippen LogP contribution in [0.3, 0.4) is 0 Å². The quantitative estimate of drug-likeness (QED) is 0.574. The Bertz CT molecular complexity index is 423. The van der Waals surface area contributed by atoms with Crippen LogP contribution in [0.15, 0.2) is 30.3 Å². The summed E-state index contributed by atoms with van der Waals surface area (Å²) < 4.78 is 0. The molecule has 16 heavy (non-hydrogen) atoms. The van der Waals surface area contributed by atoms with Gasteiger partial charge in [-0.15, -0.1) is 0 Å². The van der Waals surface area contributed by atoms with Gasteiger partial charge < -0.3 is 0 Å². The van der Waals surface area contributed by atoms with E-state index < -0.39 is 5.51 Å². The van der Waals surface area contributed by atoms with Crippen LogP contribution in [0.4, 0.5) is 0 Å². The third kappa shape index (κ3) is 2.25. The van der Waals surface area contributed by atoms with E-state index >= 15 is 0 Å². The molecule has 0 aliphatic carbocycles. The van der Waals surface area contributed by atoms with Crippen molar-refractivity contribution in [1.29, 1.82) is 0 Å². The Hall–Kier alpha value is -0.161. The van der Waals surface area contributed by atoms with Gasteiger partial charge in [0.05, 0.1) is 0 Å². The van der Waals surface area contributed by atoms with Crippen LogP contribution in [-0.4, -0.2) is 33.2 Å². The molecule has 1 fully saturated rings.